The lowest BCUT2D eigenvalue weighted by Crippen LogP contribution is -2.42. The van der Waals surface area contributed by atoms with Gasteiger partial charge in [-0.25, -0.2) is 14.6 Å². The molecule has 1 heterocycles. The Morgan fingerprint density at radius 3 is 2.11 bits per heavy atom. The summed E-state index contributed by atoms with van der Waals surface area (Å²) >= 11 is 0. The van der Waals surface area contributed by atoms with E-state index in [2.05, 4.69) is 0 Å². The monoisotopic (exact) mass is 389 g/mol. The van der Waals surface area contributed by atoms with Crippen molar-refractivity contribution in [1.29, 1.82) is 0 Å². The third-order valence-electron chi connectivity index (χ3n) is 4.75. The Bertz CT molecular complexity index is 892. The largest absolute Gasteiger partial charge is 0.397 e. The summed E-state index contributed by atoms with van der Waals surface area (Å²) in [6.07, 6.45) is -0.686. The second-order valence-electron chi connectivity index (χ2n) is 6.70. The van der Waals surface area contributed by atoms with Gasteiger partial charge >= 0.3 is 0 Å². The van der Waals surface area contributed by atoms with Gasteiger partial charge in [-0.1, -0.05) is 0 Å². The molecule has 0 saturated carbocycles. The van der Waals surface area contributed by atoms with Crippen LogP contribution in [0.15, 0.2) is 42.5 Å². The number of likely N-dealkylation sites (tertiary alicyclic amines) is 1. The minimum absolute atomic E-state index is 0.00269. The number of alkyl halides is 2. The third kappa shape index (κ3) is 4.04. The highest BCUT2D eigenvalue weighted by Gasteiger charge is 2.35. The molecule has 1 aliphatic heterocycles. The Hall–Kier alpha value is -3.20. The molecular formula is C19H21F2N5O2. The number of amides is 2. The second-order valence-corrected chi connectivity index (χ2v) is 6.70. The molecule has 0 atom stereocenters. The Balaban J connectivity index is 1.76. The number of carbonyl (C=O) groups excluding carboxylic acids is 2. The van der Waals surface area contributed by atoms with Gasteiger partial charge < -0.3 is 16.4 Å². The van der Waals surface area contributed by atoms with E-state index >= 15 is 0 Å². The number of piperidine rings is 1. The van der Waals surface area contributed by atoms with Crippen LogP contribution in [-0.2, 0) is 0 Å². The van der Waals surface area contributed by atoms with E-state index in [1.54, 1.807) is 24.3 Å². The number of primary amides is 1. The Kier molecular flexibility index (Phi) is 5.19. The first-order valence-corrected chi connectivity index (χ1v) is 8.69. The lowest BCUT2D eigenvalue weighted by Gasteiger charge is -2.32. The molecule has 2 aromatic rings. The molecule has 0 spiro atoms. The van der Waals surface area contributed by atoms with Gasteiger partial charge in [0.05, 0.1) is 17.1 Å². The predicted molar refractivity (Wildman–Crippen MR) is 102 cm³/mol. The molecule has 148 valence electrons. The van der Waals surface area contributed by atoms with Crippen LogP contribution in [0.5, 0.6) is 0 Å². The van der Waals surface area contributed by atoms with Crippen molar-refractivity contribution in [3.05, 3.63) is 53.6 Å². The van der Waals surface area contributed by atoms with Crippen molar-refractivity contribution in [1.82, 2.24) is 4.90 Å². The Morgan fingerprint density at radius 2 is 1.57 bits per heavy atom. The van der Waals surface area contributed by atoms with Crippen LogP contribution >= 0.6 is 0 Å². The standard InChI is InChI=1S/C19H21F2N5O2/c20-19(21)7-9-25(10-8-19)18(28)13-3-6-16(15(22)11-13)26(24)14-4-1-12(2-5-14)17(23)27/h1-6,11H,7-10,22,24H2,(H2,23,27). The van der Waals surface area contributed by atoms with Crippen LogP contribution < -0.4 is 22.3 Å². The Labute approximate surface area is 160 Å². The van der Waals surface area contributed by atoms with Crippen molar-refractivity contribution in [2.45, 2.75) is 18.8 Å². The smallest absolute Gasteiger partial charge is 0.253 e. The van der Waals surface area contributed by atoms with E-state index in [0.29, 0.717) is 22.5 Å². The summed E-state index contributed by atoms with van der Waals surface area (Å²) in [6, 6.07) is 10.9. The highest BCUT2D eigenvalue weighted by atomic mass is 19.3. The molecule has 1 fully saturated rings. The summed E-state index contributed by atoms with van der Waals surface area (Å²) in [6.45, 7) is 0.00539. The molecule has 2 aromatic carbocycles. The highest BCUT2D eigenvalue weighted by Crippen LogP contribution is 2.31. The zero-order valence-electron chi connectivity index (χ0n) is 15.1. The number of hydrazine groups is 1. The fourth-order valence-corrected chi connectivity index (χ4v) is 3.05. The predicted octanol–water partition coefficient (Wildman–Crippen LogP) is 2.25. The highest BCUT2D eigenvalue weighted by molar-refractivity contribution is 5.96. The molecule has 0 bridgehead atoms. The fraction of sp³-hybridized carbons (Fsp3) is 0.263. The topological polar surface area (TPSA) is 119 Å². The van der Waals surface area contributed by atoms with Crippen molar-refractivity contribution in [2.75, 3.05) is 23.8 Å². The number of benzene rings is 2. The first-order valence-electron chi connectivity index (χ1n) is 8.69. The van der Waals surface area contributed by atoms with Crippen LogP contribution in [0.25, 0.3) is 0 Å². The molecule has 2 amide bonds. The fourth-order valence-electron chi connectivity index (χ4n) is 3.05. The van der Waals surface area contributed by atoms with Crippen molar-refractivity contribution < 1.29 is 18.4 Å². The molecule has 0 aliphatic carbocycles. The van der Waals surface area contributed by atoms with Crippen LogP contribution in [0.2, 0.25) is 0 Å². The van der Waals surface area contributed by atoms with Crippen molar-refractivity contribution in [3.63, 3.8) is 0 Å². The Morgan fingerprint density at radius 1 is 1.00 bits per heavy atom. The van der Waals surface area contributed by atoms with E-state index in [0.717, 1.165) is 0 Å². The lowest BCUT2D eigenvalue weighted by atomic mass is 10.0. The van der Waals surface area contributed by atoms with E-state index in [1.165, 1.54) is 28.1 Å². The molecule has 0 radical (unpaired) electrons. The van der Waals surface area contributed by atoms with Crippen LogP contribution in [0, 0.1) is 0 Å². The van der Waals surface area contributed by atoms with Crippen molar-refractivity contribution in [2.24, 2.45) is 11.6 Å². The summed E-state index contributed by atoms with van der Waals surface area (Å²) in [7, 11) is 0. The SMILES string of the molecule is NC(=O)c1ccc(N(N)c2ccc(C(=O)N3CCC(F)(F)CC3)cc2N)cc1. The molecule has 28 heavy (non-hydrogen) atoms. The molecule has 9 heteroatoms. The van der Waals surface area contributed by atoms with Gasteiger partial charge in [0.15, 0.2) is 0 Å². The van der Waals surface area contributed by atoms with Gasteiger partial charge in [0.1, 0.15) is 0 Å². The molecule has 1 saturated heterocycles. The van der Waals surface area contributed by atoms with Crippen LogP contribution in [0.3, 0.4) is 0 Å². The number of carbonyl (C=O) groups is 2. The quantitative estimate of drug-likeness (QED) is 0.421. The van der Waals surface area contributed by atoms with Crippen LogP contribution in [0.4, 0.5) is 25.8 Å². The third-order valence-corrected chi connectivity index (χ3v) is 4.75. The molecule has 7 nitrogen and oxygen atoms in total. The van der Waals surface area contributed by atoms with Gasteiger partial charge in [0.25, 0.3) is 11.8 Å². The zero-order chi connectivity index (χ0) is 20.5. The lowest BCUT2D eigenvalue weighted by molar-refractivity contribution is -0.0494. The van der Waals surface area contributed by atoms with Crippen molar-refractivity contribution in [3.8, 4) is 0 Å². The van der Waals surface area contributed by atoms with Crippen LogP contribution in [0.1, 0.15) is 33.6 Å². The number of nitrogen functional groups attached to an aromatic ring is 1. The number of rotatable bonds is 4. The average Bonchev–Trinajstić information content (AvgIpc) is 2.67. The second kappa shape index (κ2) is 7.43. The first-order chi connectivity index (χ1) is 13.2. The summed E-state index contributed by atoms with van der Waals surface area (Å²) in [5.74, 6) is 2.49. The van der Waals surface area contributed by atoms with Gasteiger partial charge in [-0.3, -0.25) is 14.6 Å². The first kappa shape index (κ1) is 19.6. The summed E-state index contributed by atoms with van der Waals surface area (Å²) in [5, 5.41) is 1.32. The van der Waals surface area contributed by atoms with E-state index in [4.69, 9.17) is 17.3 Å². The van der Waals surface area contributed by atoms with E-state index < -0.39 is 11.8 Å². The minimum Gasteiger partial charge on any atom is -0.397 e. The van der Waals surface area contributed by atoms with Crippen LogP contribution in [-0.4, -0.2) is 35.7 Å². The maximum atomic E-state index is 13.3. The summed E-state index contributed by atoms with van der Waals surface area (Å²) < 4.78 is 26.6. The van der Waals surface area contributed by atoms with Gasteiger partial charge in [-0.2, -0.15) is 0 Å². The molecule has 1 aliphatic rings. The molecule has 0 aromatic heterocycles. The minimum atomic E-state index is -2.72. The molecule has 3 rings (SSSR count). The number of anilines is 3. The number of hydrogen-bond donors (Lipinski definition) is 3. The normalized spacial score (nSPS) is 15.9. The zero-order valence-corrected chi connectivity index (χ0v) is 15.1. The van der Waals surface area contributed by atoms with Crippen molar-refractivity contribution >= 4 is 28.9 Å². The number of nitrogens with two attached hydrogens (primary N) is 3. The number of halogens is 2. The summed E-state index contributed by atoms with van der Waals surface area (Å²) in [5.41, 5.74) is 13.2. The molecular weight excluding hydrogens is 368 g/mol. The number of hydrogen-bond acceptors (Lipinski definition) is 5. The maximum absolute atomic E-state index is 13.3. The van der Waals surface area contributed by atoms with Gasteiger partial charge in [-0.15, -0.1) is 0 Å². The molecule has 6 N–H and O–H groups in total. The van der Waals surface area contributed by atoms with Gasteiger partial charge in [0, 0.05) is 37.1 Å². The van der Waals surface area contributed by atoms with Gasteiger partial charge in [-0.05, 0) is 42.5 Å². The van der Waals surface area contributed by atoms with E-state index in [9.17, 15) is 18.4 Å². The molecule has 0 unspecified atom stereocenters. The number of nitrogens with zero attached hydrogens (tertiary/aromatic N) is 2. The maximum Gasteiger partial charge on any atom is 0.253 e. The summed E-state index contributed by atoms with van der Waals surface area (Å²) in [4.78, 5) is 25.1. The van der Waals surface area contributed by atoms with E-state index in [1.807, 2.05) is 0 Å². The van der Waals surface area contributed by atoms with Gasteiger partial charge in [0.2, 0.25) is 5.91 Å². The van der Waals surface area contributed by atoms with E-state index in [-0.39, 0.29) is 37.5 Å². The average molecular weight is 389 g/mol.